The maximum Gasteiger partial charge on any atom is 0.230 e. The molecule has 2 heterocycles. The van der Waals surface area contributed by atoms with Gasteiger partial charge in [-0.05, 0) is 32.4 Å². The summed E-state index contributed by atoms with van der Waals surface area (Å²) in [5.74, 6) is 2.00. The van der Waals surface area contributed by atoms with Crippen molar-refractivity contribution in [3.63, 3.8) is 0 Å². The number of amides is 1. The van der Waals surface area contributed by atoms with E-state index < -0.39 is 0 Å². The molecule has 6 nitrogen and oxygen atoms in total. The number of para-hydroxylation sites is 1. The van der Waals surface area contributed by atoms with Crippen molar-refractivity contribution < 1.29 is 4.79 Å². The van der Waals surface area contributed by atoms with E-state index in [4.69, 9.17) is 0 Å². The third-order valence-corrected chi connectivity index (χ3v) is 7.20. The van der Waals surface area contributed by atoms with E-state index in [0.29, 0.717) is 11.5 Å². The number of nitrogens with one attached hydrogen (secondary N) is 1. The number of carbonyl (C=O) groups excluding carboxylic acids is 1. The van der Waals surface area contributed by atoms with E-state index in [1.807, 2.05) is 25.1 Å². The molecule has 0 aliphatic heterocycles. The number of hydrogen-bond acceptors (Lipinski definition) is 7. The average Bonchev–Trinajstić information content (AvgIpc) is 3.27. The van der Waals surface area contributed by atoms with Gasteiger partial charge in [-0.2, -0.15) is 0 Å². The molecule has 0 saturated carbocycles. The van der Waals surface area contributed by atoms with Crippen molar-refractivity contribution in [1.29, 1.82) is 0 Å². The maximum atomic E-state index is 12.0. The van der Waals surface area contributed by atoms with Crippen LogP contribution in [0.1, 0.15) is 33.0 Å². The van der Waals surface area contributed by atoms with Gasteiger partial charge in [-0.1, -0.05) is 42.6 Å². The van der Waals surface area contributed by atoms with Crippen molar-refractivity contribution in [1.82, 2.24) is 25.1 Å². The van der Waals surface area contributed by atoms with Crippen LogP contribution in [0.25, 0.3) is 10.2 Å². The number of benzene rings is 1. The number of hydrogen-bond donors (Lipinski definition) is 1. The van der Waals surface area contributed by atoms with Crippen LogP contribution in [0.15, 0.2) is 33.8 Å². The lowest BCUT2D eigenvalue weighted by Crippen LogP contribution is -2.33. The molecule has 27 heavy (non-hydrogen) atoms. The highest BCUT2D eigenvalue weighted by Gasteiger charge is 2.15. The van der Waals surface area contributed by atoms with Gasteiger partial charge in [0.05, 0.1) is 21.7 Å². The zero-order valence-electron chi connectivity index (χ0n) is 15.6. The van der Waals surface area contributed by atoms with Crippen molar-refractivity contribution >= 4 is 51.0 Å². The lowest BCUT2D eigenvalue weighted by molar-refractivity contribution is -0.119. The second-order valence-electron chi connectivity index (χ2n) is 6.04. The van der Waals surface area contributed by atoms with Gasteiger partial charge in [0.1, 0.15) is 5.82 Å². The van der Waals surface area contributed by atoms with Crippen LogP contribution in [0.4, 0.5) is 0 Å². The molecule has 0 saturated heterocycles. The third-order valence-electron chi connectivity index (χ3n) is 4.06. The molecule has 0 aliphatic rings. The normalized spacial score (nSPS) is 12.4. The highest BCUT2D eigenvalue weighted by Crippen LogP contribution is 2.31. The average molecular weight is 422 g/mol. The van der Waals surface area contributed by atoms with Gasteiger partial charge in [-0.3, -0.25) is 4.79 Å². The summed E-state index contributed by atoms with van der Waals surface area (Å²) in [6.45, 7) is 6.91. The highest BCUT2D eigenvalue weighted by molar-refractivity contribution is 8.00. The van der Waals surface area contributed by atoms with Gasteiger partial charge in [-0.15, -0.1) is 21.5 Å². The summed E-state index contributed by atoms with van der Waals surface area (Å²) in [6, 6.07) is 8.35. The maximum absolute atomic E-state index is 12.0. The van der Waals surface area contributed by atoms with Gasteiger partial charge in [0, 0.05) is 12.6 Å². The molecule has 144 valence electrons. The highest BCUT2D eigenvalue weighted by atomic mass is 32.2. The van der Waals surface area contributed by atoms with Crippen molar-refractivity contribution in [2.75, 3.05) is 5.75 Å². The second-order valence-corrected chi connectivity index (χ2v) is 9.24. The van der Waals surface area contributed by atoms with E-state index >= 15 is 0 Å². The van der Waals surface area contributed by atoms with E-state index in [9.17, 15) is 4.79 Å². The summed E-state index contributed by atoms with van der Waals surface area (Å²) in [5, 5.41) is 12.4. The minimum absolute atomic E-state index is 0.0328. The molecule has 1 atom stereocenters. The first-order valence-electron chi connectivity index (χ1n) is 8.93. The molecule has 2 aromatic heterocycles. The fourth-order valence-corrected chi connectivity index (χ4v) is 5.28. The van der Waals surface area contributed by atoms with Crippen LogP contribution in [-0.2, 0) is 17.1 Å². The summed E-state index contributed by atoms with van der Waals surface area (Å²) in [4.78, 5) is 16.6. The molecule has 1 N–H and O–H groups in total. The molecule has 9 heteroatoms. The van der Waals surface area contributed by atoms with E-state index in [0.717, 1.165) is 33.8 Å². The van der Waals surface area contributed by atoms with Crippen LogP contribution in [-0.4, -0.2) is 37.5 Å². The first kappa shape index (κ1) is 20.2. The van der Waals surface area contributed by atoms with Crippen LogP contribution in [0, 0.1) is 0 Å². The summed E-state index contributed by atoms with van der Waals surface area (Å²) >= 11 is 4.80. The smallest absolute Gasteiger partial charge is 0.230 e. The van der Waals surface area contributed by atoms with Crippen LogP contribution in [0.3, 0.4) is 0 Å². The topological polar surface area (TPSA) is 72.7 Å². The fraction of sp³-hybridized carbons (Fsp3) is 0.444. The number of thiazole rings is 1. The summed E-state index contributed by atoms with van der Waals surface area (Å²) < 4.78 is 4.30. The molecule has 0 fully saturated rings. The van der Waals surface area contributed by atoms with Crippen molar-refractivity contribution in [2.24, 2.45) is 0 Å². The predicted molar refractivity (Wildman–Crippen MR) is 113 cm³/mol. The van der Waals surface area contributed by atoms with E-state index in [1.54, 1.807) is 23.1 Å². The van der Waals surface area contributed by atoms with Crippen LogP contribution in [0.5, 0.6) is 0 Å². The number of nitrogens with zero attached hydrogens (tertiary/aromatic N) is 4. The summed E-state index contributed by atoms with van der Waals surface area (Å²) in [6.07, 6.45) is 0.925. The van der Waals surface area contributed by atoms with E-state index in [1.165, 1.54) is 16.5 Å². The Kier molecular flexibility index (Phi) is 7.14. The van der Waals surface area contributed by atoms with Crippen molar-refractivity contribution in [3.05, 3.63) is 30.1 Å². The van der Waals surface area contributed by atoms with Crippen LogP contribution >= 0.6 is 34.9 Å². The number of thioether (sulfide) groups is 2. The van der Waals surface area contributed by atoms with Crippen LogP contribution in [0.2, 0.25) is 0 Å². The van der Waals surface area contributed by atoms with Crippen molar-refractivity contribution in [3.8, 4) is 0 Å². The molecular formula is C18H23N5OS3. The third kappa shape index (κ3) is 5.24. The SMILES string of the molecule is CC[C@@H](C)NC(=O)CSc1nnc(CSc2nc3ccccc3s2)n1CC. The van der Waals surface area contributed by atoms with Crippen molar-refractivity contribution in [2.45, 2.75) is 55.0 Å². The van der Waals surface area contributed by atoms with Gasteiger partial charge in [0.25, 0.3) is 0 Å². The monoisotopic (exact) mass is 421 g/mol. The molecule has 0 aliphatic carbocycles. The number of carbonyl (C=O) groups is 1. The first-order chi connectivity index (χ1) is 13.1. The Labute approximate surface area is 171 Å². The first-order valence-corrected chi connectivity index (χ1v) is 11.7. The molecule has 3 aromatic rings. The Bertz CT molecular complexity index is 874. The van der Waals surface area contributed by atoms with E-state index in [-0.39, 0.29) is 11.9 Å². The zero-order chi connectivity index (χ0) is 19.2. The number of rotatable bonds is 9. The molecule has 0 unspecified atom stereocenters. The molecule has 3 rings (SSSR count). The molecule has 1 aromatic carbocycles. The van der Waals surface area contributed by atoms with Gasteiger partial charge >= 0.3 is 0 Å². The predicted octanol–water partition coefficient (Wildman–Crippen LogP) is 4.21. The zero-order valence-corrected chi connectivity index (χ0v) is 18.1. The number of fused-ring (bicyclic) bond motifs is 1. The Balaban J connectivity index is 1.60. The quantitative estimate of drug-likeness (QED) is 0.522. The fourth-order valence-electron chi connectivity index (χ4n) is 2.44. The van der Waals surface area contributed by atoms with Gasteiger partial charge in [0.2, 0.25) is 5.91 Å². The Morgan fingerprint density at radius 2 is 2.07 bits per heavy atom. The molecular weight excluding hydrogens is 398 g/mol. The second kappa shape index (κ2) is 9.57. The standard InChI is InChI=1S/C18H23N5OS3/c1-4-12(3)19-16(24)11-25-17-22-21-15(23(17)5-2)10-26-18-20-13-8-6-7-9-14(13)27-18/h6-9,12H,4-5,10-11H2,1-3H3,(H,19,24)/t12-/m1/s1. The molecule has 0 bridgehead atoms. The molecule has 1 amide bonds. The van der Waals surface area contributed by atoms with E-state index in [2.05, 4.69) is 45.0 Å². The summed E-state index contributed by atoms with van der Waals surface area (Å²) in [7, 11) is 0. The minimum Gasteiger partial charge on any atom is -0.353 e. The van der Waals surface area contributed by atoms with Crippen LogP contribution < -0.4 is 5.32 Å². The Hall–Kier alpha value is -1.58. The lowest BCUT2D eigenvalue weighted by atomic mass is 10.3. The van der Waals surface area contributed by atoms with Gasteiger partial charge in [-0.25, -0.2) is 4.98 Å². The Morgan fingerprint density at radius 1 is 1.26 bits per heavy atom. The Morgan fingerprint density at radius 3 is 2.81 bits per heavy atom. The van der Waals surface area contributed by atoms with Gasteiger partial charge < -0.3 is 9.88 Å². The van der Waals surface area contributed by atoms with Gasteiger partial charge in [0.15, 0.2) is 9.50 Å². The largest absolute Gasteiger partial charge is 0.353 e. The molecule has 0 radical (unpaired) electrons. The summed E-state index contributed by atoms with van der Waals surface area (Å²) in [5.41, 5.74) is 1.03. The number of aromatic nitrogens is 4. The minimum atomic E-state index is 0.0328. The molecule has 0 spiro atoms. The lowest BCUT2D eigenvalue weighted by Gasteiger charge is -2.11.